The number of hydrogen-bond acceptors (Lipinski definition) is 6. The number of imidazole rings is 1. The zero-order valence-corrected chi connectivity index (χ0v) is 20.0. The Morgan fingerprint density at radius 1 is 1.33 bits per heavy atom. The van der Waals surface area contributed by atoms with Crippen molar-refractivity contribution in [1.82, 2.24) is 18.7 Å². The summed E-state index contributed by atoms with van der Waals surface area (Å²) in [7, 11) is 3.04. The van der Waals surface area contributed by atoms with Crippen LogP contribution in [0.1, 0.15) is 27.2 Å². The topological polar surface area (TPSA) is 88.1 Å². The van der Waals surface area contributed by atoms with Gasteiger partial charge in [0.25, 0.3) is 5.56 Å². The van der Waals surface area contributed by atoms with E-state index in [1.807, 2.05) is 12.2 Å². The Hall–Kier alpha value is -2.07. The molecule has 162 valence electrons. The van der Waals surface area contributed by atoms with Gasteiger partial charge < -0.3 is 9.30 Å². The predicted octanol–water partition coefficient (Wildman–Crippen LogP) is 2.52. The Kier molecular flexibility index (Phi) is 6.47. The van der Waals surface area contributed by atoms with Gasteiger partial charge >= 0.3 is 11.7 Å². The Labute approximate surface area is 186 Å². The van der Waals surface area contributed by atoms with Gasteiger partial charge in [-0.05, 0) is 32.8 Å². The highest BCUT2D eigenvalue weighted by Crippen LogP contribution is 2.35. The van der Waals surface area contributed by atoms with Crippen LogP contribution >= 0.6 is 27.7 Å². The molecule has 2 aromatic rings. The first-order valence-corrected chi connectivity index (χ1v) is 11.3. The van der Waals surface area contributed by atoms with E-state index in [0.717, 1.165) is 16.6 Å². The number of hydrogen-bond donors (Lipinski definition) is 0. The second kappa shape index (κ2) is 8.58. The first-order chi connectivity index (χ1) is 14.1. The standard InChI is InChI=1S/C20H25BrN4O4S/c1-6-29-17(27)20(2,3)30-18-22-15-14(16(26)24(5)19(28)23(15)4)25(18)11-12-8-7-9-13(21)10-12/h7-9,13H,6,10-11H2,1-5H3. The van der Waals surface area contributed by atoms with Gasteiger partial charge in [-0.1, -0.05) is 45.9 Å². The number of nitrogens with zero attached hydrogens (tertiary/aromatic N) is 4. The molecule has 0 bridgehead atoms. The lowest BCUT2D eigenvalue weighted by Crippen LogP contribution is -2.37. The summed E-state index contributed by atoms with van der Waals surface area (Å²) in [5.74, 6) is -0.365. The van der Waals surface area contributed by atoms with Crippen molar-refractivity contribution in [1.29, 1.82) is 0 Å². The summed E-state index contributed by atoms with van der Waals surface area (Å²) in [6, 6.07) is 0. The van der Waals surface area contributed by atoms with Crippen LogP contribution in [-0.2, 0) is 30.2 Å². The molecular weight excluding hydrogens is 472 g/mol. The average Bonchev–Trinajstić information content (AvgIpc) is 3.02. The van der Waals surface area contributed by atoms with E-state index >= 15 is 0 Å². The molecule has 0 fully saturated rings. The monoisotopic (exact) mass is 496 g/mol. The summed E-state index contributed by atoms with van der Waals surface area (Å²) in [6.45, 7) is 5.98. The third-order valence-electron chi connectivity index (χ3n) is 4.90. The van der Waals surface area contributed by atoms with Gasteiger partial charge in [0.2, 0.25) is 0 Å². The number of carbonyl (C=O) groups is 1. The molecule has 1 atom stereocenters. The SMILES string of the molecule is CCOC(=O)C(C)(C)Sc1nc2c(c(=O)n(C)c(=O)n2C)n1CC1=CC=CC(Br)C1. The number of halogens is 1. The van der Waals surface area contributed by atoms with Crippen LogP contribution in [0.2, 0.25) is 0 Å². The number of thioether (sulfide) groups is 1. The summed E-state index contributed by atoms with van der Waals surface area (Å²) in [5, 5.41) is 0.489. The minimum Gasteiger partial charge on any atom is -0.465 e. The van der Waals surface area contributed by atoms with Gasteiger partial charge in [0.05, 0.1) is 6.61 Å². The zero-order chi connectivity index (χ0) is 22.2. The Balaban J connectivity index is 2.19. The molecule has 0 radical (unpaired) electrons. The lowest BCUT2D eigenvalue weighted by atomic mass is 10.1. The highest BCUT2D eigenvalue weighted by atomic mass is 79.9. The predicted molar refractivity (Wildman–Crippen MR) is 121 cm³/mol. The van der Waals surface area contributed by atoms with Gasteiger partial charge in [0, 0.05) is 25.5 Å². The first kappa shape index (κ1) is 22.6. The van der Waals surface area contributed by atoms with Crippen LogP contribution in [0, 0.1) is 0 Å². The molecule has 2 aromatic heterocycles. The summed E-state index contributed by atoms with van der Waals surface area (Å²) < 4.78 is 8.51. The molecule has 0 spiro atoms. The summed E-state index contributed by atoms with van der Waals surface area (Å²) in [6.07, 6.45) is 6.83. The first-order valence-electron chi connectivity index (χ1n) is 9.59. The minimum absolute atomic E-state index is 0.214. The van der Waals surface area contributed by atoms with Crippen molar-refractivity contribution in [2.24, 2.45) is 14.1 Å². The second-order valence-electron chi connectivity index (χ2n) is 7.62. The van der Waals surface area contributed by atoms with Crippen LogP contribution in [0.15, 0.2) is 38.5 Å². The quantitative estimate of drug-likeness (QED) is 0.346. The van der Waals surface area contributed by atoms with Gasteiger partial charge in [-0.3, -0.25) is 18.7 Å². The maximum atomic E-state index is 13.0. The van der Waals surface area contributed by atoms with E-state index < -0.39 is 16.0 Å². The minimum atomic E-state index is -0.919. The lowest BCUT2D eigenvalue weighted by molar-refractivity contribution is -0.145. The van der Waals surface area contributed by atoms with E-state index in [2.05, 4.69) is 27.0 Å². The molecule has 3 rings (SSSR count). The van der Waals surface area contributed by atoms with Crippen LogP contribution in [0.3, 0.4) is 0 Å². The number of carbonyl (C=O) groups excluding carboxylic acids is 1. The number of aryl methyl sites for hydroxylation is 1. The van der Waals surface area contributed by atoms with Crippen molar-refractivity contribution in [3.8, 4) is 0 Å². The maximum absolute atomic E-state index is 13.0. The van der Waals surface area contributed by atoms with Crippen LogP contribution < -0.4 is 11.2 Å². The normalized spacial score (nSPS) is 16.7. The van der Waals surface area contributed by atoms with Gasteiger partial charge in [-0.2, -0.15) is 0 Å². The van der Waals surface area contributed by atoms with Crippen molar-refractivity contribution < 1.29 is 9.53 Å². The van der Waals surface area contributed by atoms with Gasteiger partial charge in [0.15, 0.2) is 16.3 Å². The second-order valence-corrected chi connectivity index (χ2v) is 10.4. The fourth-order valence-electron chi connectivity index (χ4n) is 3.25. The third kappa shape index (κ3) is 4.20. The highest BCUT2D eigenvalue weighted by Gasteiger charge is 2.34. The third-order valence-corrected chi connectivity index (χ3v) is 6.70. The summed E-state index contributed by atoms with van der Waals surface area (Å²) in [4.78, 5) is 42.6. The summed E-state index contributed by atoms with van der Waals surface area (Å²) >= 11 is 4.82. The number of alkyl halides is 1. The van der Waals surface area contributed by atoms with E-state index in [4.69, 9.17) is 4.74 Å². The molecule has 0 aliphatic heterocycles. The fourth-order valence-corrected chi connectivity index (χ4v) is 4.83. The van der Waals surface area contributed by atoms with E-state index in [-0.39, 0.29) is 17.4 Å². The largest absolute Gasteiger partial charge is 0.465 e. The molecule has 2 heterocycles. The zero-order valence-electron chi connectivity index (χ0n) is 17.6. The maximum Gasteiger partial charge on any atom is 0.332 e. The van der Waals surface area contributed by atoms with E-state index in [9.17, 15) is 14.4 Å². The smallest absolute Gasteiger partial charge is 0.332 e. The molecule has 10 heteroatoms. The Morgan fingerprint density at radius 2 is 2.03 bits per heavy atom. The van der Waals surface area contributed by atoms with Crippen LogP contribution in [-0.4, -0.2) is 40.8 Å². The van der Waals surface area contributed by atoms with E-state index in [0.29, 0.717) is 22.9 Å². The Morgan fingerprint density at radius 3 is 2.67 bits per heavy atom. The number of rotatable bonds is 6. The molecule has 0 amide bonds. The van der Waals surface area contributed by atoms with Crippen LogP contribution in [0.4, 0.5) is 0 Å². The van der Waals surface area contributed by atoms with Crippen LogP contribution in [0.25, 0.3) is 11.2 Å². The fraction of sp³-hybridized carbons (Fsp3) is 0.500. The van der Waals surface area contributed by atoms with Crippen molar-refractivity contribution >= 4 is 44.8 Å². The highest BCUT2D eigenvalue weighted by molar-refractivity contribution is 9.09. The average molecular weight is 497 g/mol. The number of aromatic nitrogens is 4. The van der Waals surface area contributed by atoms with Gasteiger partial charge in [-0.25, -0.2) is 9.78 Å². The van der Waals surface area contributed by atoms with Gasteiger partial charge in [0.1, 0.15) is 4.75 Å². The van der Waals surface area contributed by atoms with E-state index in [1.165, 1.54) is 23.4 Å². The molecule has 8 nitrogen and oxygen atoms in total. The molecule has 0 saturated carbocycles. The number of allylic oxidation sites excluding steroid dienone is 4. The molecule has 30 heavy (non-hydrogen) atoms. The van der Waals surface area contributed by atoms with Crippen molar-refractivity contribution in [3.05, 3.63) is 44.6 Å². The summed E-state index contributed by atoms with van der Waals surface area (Å²) in [5.41, 5.74) is 0.878. The molecule has 0 saturated heterocycles. The molecular formula is C20H25BrN4O4S. The molecule has 0 N–H and O–H groups in total. The molecule has 0 aromatic carbocycles. The van der Waals surface area contributed by atoms with E-state index in [1.54, 1.807) is 32.4 Å². The van der Waals surface area contributed by atoms with Crippen molar-refractivity contribution in [2.75, 3.05) is 6.61 Å². The number of esters is 1. The molecule has 1 aliphatic carbocycles. The van der Waals surface area contributed by atoms with Gasteiger partial charge in [-0.15, -0.1) is 0 Å². The van der Waals surface area contributed by atoms with Crippen molar-refractivity contribution in [3.63, 3.8) is 0 Å². The lowest BCUT2D eigenvalue weighted by Gasteiger charge is -2.22. The van der Waals surface area contributed by atoms with Crippen LogP contribution in [0.5, 0.6) is 0 Å². The number of ether oxygens (including phenoxy) is 1. The van der Waals surface area contributed by atoms with Crippen molar-refractivity contribution in [2.45, 2.75) is 48.5 Å². The number of fused-ring (bicyclic) bond motifs is 1. The molecule has 1 unspecified atom stereocenters. The Bertz CT molecular complexity index is 1170. The molecule has 1 aliphatic rings.